The lowest BCUT2D eigenvalue weighted by Crippen LogP contribution is -2.45. The van der Waals surface area contributed by atoms with Gasteiger partial charge in [-0.1, -0.05) is 18.2 Å². The van der Waals surface area contributed by atoms with E-state index in [4.69, 9.17) is 0 Å². The lowest BCUT2D eigenvalue weighted by molar-refractivity contribution is -0.384. The molecule has 158 valence electrons. The zero-order valence-corrected chi connectivity index (χ0v) is 17.0. The highest BCUT2D eigenvalue weighted by atomic mass is 16.6. The molecule has 1 aliphatic rings. The molecule has 0 saturated carbocycles. The Morgan fingerprint density at radius 1 is 1.13 bits per heavy atom. The number of benzene rings is 2. The summed E-state index contributed by atoms with van der Waals surface area (Å²) >= 11 is 0. The summed E-state index contributed by atoms with van der Waals surface area (Å²) in [6.07, 6.45) is 2.04. The van der Waals surface area contributed by atoms with Gasteiger partial charge in [0.2, 0.25) is 5.91 Å². The third-order valence-corrected chi connectivity index (χ3v) is 5.31. The predicted molar refractivity (Wildman–Crippen MR) is 114 cm³/mol. The summed E-state index contributed by atoms with van der Waals surface area (Å²) in [4.78, 5) is 37.1. The number of piperidine rings is 1. The number of likely N-dealkylation sites (tertiary alicyclic amines) is 1. The molecule has 0 radical (unpaired) electrons. The molecule has 30 heavy (non-hydrogen) atoms. The highest BCUT2D eigenvalue weighted by molar-refractivity contribution is 5.94. The molecule has 1 aliphatic heterocycles. The van der Waals surface area contributed by atoms with Crippen molar-refractivity contribution in [3.05, 3.63) is 69.8 Å². The third-order valence-electron chi connectivity index (χ3n) is 5.31. The highest BCUT2D eigenvalue weighted by Gasteiger charge is 2.21. The number of anilines is 1. The maximum atomic E-state index is 12.3. The van der Waals surface area contributed by atoms with Crippen LogP contribution in [0.3, 0.4) is 0 Å². The number of amides is 2. The summed E-state index contributed by atoms with van der Waals surface area (Å²) in [5, 5.41) is 16.7. The zero-order valence-electron chi connectivity index (χ0n) is 17.0. The van der Waals surface area contributed by atoms with Crippen LogP contribution >= 0.6 is 0 Å². The van der Waals surface area contributed by atoms with Gasteiger partial charge in [0, 0.05) is 55.5 Å². The number of carbonyl (C=O) groups excluding carboxylic acids is 2. The average Bonchev–Trinajstić information content (AvgIpc) is 2.75. The van der Waals surface area contributed by atoms with Gasteiger partial charge in [0.1, 0.15) is 0 Å². The van der Waals surface area contributed by atoms with Gasteiger partial charge in [-0.15, -0.1) is 0 Å². The van der Waals surface area contributed by atoms with E-state index in [1.54, 1.807) is 25.1 Å². The molecular formula is C22H26N4O4. The molecule has 2 N–H and O–H groups in total. The molecule has 0 aliphatic carbocycles. The quantitative estimate of drug-likeness (QED) is 0.539. The van der Waals surface area contributed by atoms with Gasteiger partial charge >= 0.3 is 0 Å². The Bertz CT molecular complexity index is 909. The first-order valence-corrected chi connectivity index (χ1v) is 10.1. The molecule has 3 rings (SSSR count). The molecule has 0 unspecified atom stereocenters. The molecule has 1 fully saturated rings. The number of nitrogens with one attached hydrogen (secondary N) is 2. The first kappa shape index (κ1) is 21.4. The second-order valence-electron chi connectivity index (χ2n) is 7.51. The number of nitrogens with zero attached hydrogens (tertiary/aromatic N) is 2. The summed E-state index contributed by atoms with van der Waals surface area (Å²) in [6, 6.07) is 13.7. The van der Waals surface area contributed by atoms with E-state index in [0.717, 1.165) is 25.9 Å². The Labute approximate surface area is 175 Å². The van der Waals surface area contributed by atoms with Crippen molar-refractivity contribution in [2.45, 2.75) is 32.2 Å². The van der Waals surface area contributed by atoms with Crippen LogP contribution in [0, 0.1) is 17.0 Å². The minimum Gasteiger partial charge on any atom is -0.349 e. The van der Waals surface area contributed by atoms with E-state index < -0.39 is 4.92 Å². The number of nitro benzene ring substituents is 1. The number of aryl methyl sites for hydroxylation is 1. The second kappa shape index (κ2) is 9.98. The van der Waals surface area contributed by atoms with E-state index in [2.05, 4.69) is 15.5 Å². The van der Waals surface area contributed by atoms with E-state index in [1.165, 1.54) is 12.1 Å². The fraction of sp³-hybridized carbons (Fsp3) is 0.364. The van der Waals surface area contributed by atoms with Crippen molar-refractivity contribution >= 4 is 23.2 Å². The van der Waals surface area contributed by atoms with Gasteiger partial charge in [0.05, 0.1) is 4.92 Å². The van der Waals surface area contributed by atoms with Crippen molar-refractivity contribution in [1.82, 2.24) is 10.2 Å². The van der Waals surface area contributed by atoms with Crippen LogP contribution in [0.1, 0.15) is 35.2 Å². The number of non-ortho nitro benzene ring substituents is 1. The van der Waals surface area contributed by atoms with Crippen molar-refractivity contribution in [3.63, 3.8) is 0 Å². The second-order valence-corrected chi connectivity index (χ2v) is 7.51. The Morgan fingerprint density at radius 3 is 2.47 bits per heavy atom. The van der Waals surface area contributed by atoms with E-state index in [9.17, 15) is 19.7 Å². The topological polar surface area (TPSA) is 105 Å². The molecule has 2 amide bonds. The Hall–Kier alpha value is -3.26. The van der Waals surface area contributed by atoms with Gasteiger partial charge in [-0.05, 0) is 43.5 Å². The van der Waals surface area contributed by atoms with E-state index in [1.807, 2.05) is 18.2 Å². The third kappa shape index (κ3) is 5.87. The highest BCUT2D eigenvalue weighted by Crippen LogP contribution is 2.21. The summed E-state index contributed by atoms with van der Waals surface area (Å²) in [5.41, 5.74) is 1.92. The van der Waals surface area contributed by atoms with Crippen LogP contribution in [0.4, 0.5) is 11.4 Å². The minimum atomic E-state index is -0.454. The normalized spacial score (nSPS) is 14.8. The molecule has 8 heteroatoms. The Balaban J connectivity index is 1.40. The van der Waals surface area contributed by atoms with Gasteiger partial charge in [-0.2, -0.15) is 0 Å². The first-order chi connectivity index (χ1) is 14.4. The molecule has 8 nitrogen and oxygen atoms in total. The van der Waals surface area contributed by atoms with Crippen molar-refractivity contribution in [3.8, 4) is 0 Å². The average molecular weight is 410 g/mol. The van der Waals surface area contributed by atoms with E-state index in [-0.39, 0.29) is 23.5 Å². The van der Waals surface area contributed by atoms with E-state index in [0.29, 0.717) is 29.8 Å². The number of rotatable bonds is 7. The fourth-order valence-electron chi connectivity index (χ4n) is 3.53. The molecular weight excluding hydrogens is 384 g/mol. The fourth-order valence-corrected chi connectivity index (χ4v) is 3.53. The maximum absolute atomic E-state index is 12.3. The van der Waals surface area contributed by atoms with Crippen LogP contribution < -0.4 is 10.6 Å². The van der Waals surface area contributed by atoms with Crippen LogP contribution in [-0.2, 0) is 4.79 Å². The van der Waals surface area contributed by atoms with Gasteiger partial charge in [0.25, 0.3) is 11.6 Å². The van der Waals surface area contributed by atoms with Crippen molar-refractivity contribution in [2.75, 3.05) is 25.0 Å². The summed E-state index contributed by atoms with van der Waals surface area (Å²) in [6.45, 7) is 4.02. The molecule has 2 aromatic carbocycles. The van der Waals surface area contributed by atoms with Crippen molar-refractivity contribution < 1.29 is 14.5 Å². The predicted octanol–water partition coefficient (Wildman–Crippen LogP) is 3.13. The number of hydrogen-bond donors (Lipinski definition) is 2. The van der Waals surface area contributed by atoms with Gasteiger partial charge in [-0.25, -0.2) is 0 Å². The summed E-state index contributed by atoms with van der Waals surface area (Å²) < 4.78 is 0. The van der Waals surface area contributed by atoms with Gasteiger partial charge < -0.3 is 15.5 Å². The summed E-state index contributed by atoms with van der Waals surface area (Å²) in [5.74, 6) is -0.168. The van der Waals surface area contributed by atoms with Crippen molar-refractivity contribution in [1.29, 1.82) is 0 Å². The van der Waals surface area contributed by atoms with E-state index >= 15 is 0 Å². The standard InChI is InChI=1S/C22H26N4O4/c1-16-15-19(26(29)30)7-8-20(16)24-21(27)11-14-25-12-9-18(10-13-25)23-22(28)17-5-3-2-4-6-17/h2-8,15,18H,9-14H2,1H3,(H,23,28)(H,24,27). The number of nitro groups is 1. The smallest absolute Gasteiger partial charge is 0.269 e. The molecule has 0 aromatic heterocycles. The Kier molecular flexibility index (Phi) is 7.13. The number of hydrogen-bond acceptors (Lipinski definition) is 5. The Morgan fingerprint density at radius 2 is 1.83 bits per heavy atom. The van der Waals surface area contributed by atoms with Crippen LogP contribution in [0.15, 0.2) is 48.5 Å². The number of carbonyl (C=O) groups is 2. The molecule has 2 aromatic rings. The molecule has 0 spiro atoms. The van der Waals surface area contributed by atoms with Crippen LogP contribution in [0.25, 0.3) is 0 Å². The van der Waals surface area contributed by atoms with Crippen LogP contribution in [0.2, 0.25) is 0 Å². The minimum absolute atomic E-state index is 0.00715. The lowest BCUT2D eigenvalue weighted by atomic mass is 10.0. The van der Waals surface area contributed by atoms with Crippen molar-refractivity contribution in [2.24, 2.45) is 0 Å². The lowest BCUT2D eigenvalue weighted by Gasteiger charge is -2.32. The van der Waals surface area contributed by atoms with Gasteiger partial charge in [-0.3, -0.25) is 19.7 Å². The first-order valence-electron chi connectivity index (χ1n) is 10.1. The van der Waals surface area contributed by atoms with Crippen LogP contribution in [0.5, 0.6) is 0 Å². The molecule has 0 bridgehead atoms. The largest absolute Gasteiger partial charge is 0.349 e. The molecule has 0 atom stereocenters. The van der Waals surface area contributed by atoms with Crippen LogP contribution in [-0.4, -0.2) is 47.3 Å². The SMILES string of the molecule is Cc1cc([N+](=O)[O-])ccc1NC(=O)CCN1CCC(NC(=O)c2ccccc2)CC1. The molecule has 1 saturated heterocycles. The maximum Gasteiger partial charge on any atom is 0.269 e. The van der Waals surface area contributed by atoms with Gasteiger partial charge in [0.15, 0.2) is 0 Å². The monoisotopic (exact) mass is 410 g/mol. The summed E-state index contributed by atoms with van der Waals surface area (Å²) in [7, 11) is 0. The zero-order chi connectivity index (χ0) is 21.5. The molecule has 1 heterocycles.